The maximum atomic E-state index is 12.0. The molecule has 0 bridgehead atoms. The highest BCUT2D eigenvalue weighted by molar-refractivity contribution is 7.09. The number of hydrogen-bond acceptors (Lipinski definition) is 4. The van der Waals surface area contributed by atoms with Gasteiger partial charge in [0.25, 0.3) is 5.91 Å². The van der Waals surface area contributed by atoms with Crippen LogP contribution in [-0.4, -0.2) is 22.9 Å². The van der Waals surface area contributed by atoms with Crippen LogP contribution in [0.1, 0.15) is 31.6 Å². The summed E-state index contributed by atoms with van der Waals surface area (Å²) in [5.41, 5.74) is 2.31. The molecule has 1 aliphatic rings. The van der Waals surface area contributed by atoms with Gasteiger partial charge in [-0.3, -0.25) is 15.1 Å². The van der Waals surface area contributed by atoms with E-state index in [-0.39, 0.29) is 17.9 Å². The van der Waals surface area contributed by atoms with Crippen molar-refractivity contribution >= 4 is 17.2 Å². The van der Waals surface area contributed by atoms with Crippen molar-refractivity contribution in [3.05, 3.63) is 22.4 Å². The number of carbonyl (C=O) groups is 1. The molecule has 100 valence electrons. The van der Waals surface area contributed by atoms with Gasteiger partial charge in [-0.05, 0) is 30.2 Å². The van der Waals surface area contributed by atoms with Gasteiger partial charge in [0.15, 0.2) is 0 Å². The van der Waals surface area contributed by atoms with Gasteiger partial charge in [0.1, 0.15) is 0 Å². The lowest BCUT2D eigenvalue weighted by atomic mass is 10.0. The number of hydrogen-bond donors (Lipinski definition) is 2. The van der Waals surface area contributed by atoms with E-state index in [0.717, 1.165) is 6.54 Å². The lowest BCUT2D eigenvalue weighted by Gasteiger charge is -2.32. The second-order valence-corrected chi connectivity index (χ2v) is 6.21. The molecule has 1 heterocycles. The third-order valence-corrected chi connectivity index (χ3v) is 4.20. The molecule has 2 rings (SSSR count). The summed E-state index contributed by atoms with van der Waals surface area (Å²) in [6.45, 7) is 4.99. The maximum Gasteiger partial charge on any atom is 0.251 e. The van der Waals surface area contributed by atoms with Crippen molar-refractivity contribution in [3.63, 3.8) is 0 Å². The zero-order valence-corrected chi connectivity index (χ0v) is 11.7. The van der Waals surface area contributed by atoms with E-state index < -0.39 is 0 Å². The molecule has 0 saturated heterocycles. The van der Waals surface area contributed by atoms with Gasteiger partial charge in [-0.1, -0.05) is 19.9 Å². The fourth-order valence-corrected chi connectivity index (χ4v) is 3.08. The number of rotatable bonds is 6. The summed E-state index contributed by atoms with van der Waals surface area (Å²) in [5.74, 6) is 5.50. The minimum atomic E-state index is -0.135. The van der Waals surface area contributed by atoms with Gasteiger partial charge in [0.2, 0.25) is 0 Å². The van der Waals surface area contributed by atoms with Crippen LogP contribution in [0.3, 0.4) is 0 Å². The number of amides is 1. The first-order chi connectivity index (χ1) is 8.63. The van der Waals surface area contributed by atoms with Crippen LogP contribution in [-0.2, 0) is 11.3 Å². The predicted octanol–water partition coefficient (Wildman–Crippen LogP) is 1.73. The van der Waals surface area contributed by atoms with Gasteiger partial charge in [-0.2, -0.15) is 0 Å². The molecule has 4 nitrogen and oxygen atoms in total. The van der Waals surface area contributed by atoms with Crippen LogP contribution in [0.2, 0.25) is 0 Å². The van der Waals surface area contributed by atoms with Gasteiger partial charge in [-0.15, -0.1) is 11.3 Å². The van der Waals surface area contributed by atoms with Crippen LogP contribution in [0.5, 0.6) is 0 Å². The van der Waals surface area contributed by atoms with Crippen LogP contribution in [0.25, 0.3) is 0 Å². The van der Waals surface area contributed by atoms with Crippen molar-refractivity contribution in [2.24, 2.45) is 11.8 Å². The minimum absolute atomic E-state index is 0.0755. The Morgan fingerprint density at radius 1 is 1.61 bits per heavy atom. The predicted molar refractivity (Wildman–Crippen MR) is 73.8 cm³/mol. The lowest BCUT2D eigenvalue weighted by molar-refractivity contribution is -0.128. The van der Waals surface area contributed by atoms with Gasteiger partial charge in [-0.25, -0.2) is 5.84 Å². The van der Waals surface area contributed by atoms with Crippen molar-refractivity contribution in [2.75, 3.05) is 0 Å². The number of nitrogens with one attached hydrogen (secondary N) is 1. The Hall–Kier alpha value is -0.910. The van der Waals surface area contributed by atoms with Crippen molar-refractivity contribution in [2.45, 2.75) is 45.3 Å². The highest BCUT2D eigenvalue weighted by Crippen LogP contribution is 2.32. The molecule has 1 aliphatic carbocycles. The molecule has 1 atom stereocenters. The van der Waals surface area contributed by atoms with Gasteiger partial charge < -0.3 is 0 Å². The number of carbonyl (C=O) groups excluding carboxylic acids is 1. The second kappa shape index (κ2) is 5.82. The molecule has 1 unspecified atom stereocenters. The van der Waals surface area contributed by atoms with Crippen LogP contribution in [0.4, 0.5) is 0 Å². The molecule has 0 aliphatic heterocycles. The normalized spacial score (nSPS) is 17.2. The molecule has 1 amide bonds. The largest absolute Gasteiger partial charge is 0.293 e. The number of nitrogens with two attached hydrogens (primary N) is 1. The van der Waals surface area contributed by atoms with E-state index in [4.69, 9.17) is 5.84 Å². The monoisotopic (exact) mass is 267 g/mol. The summed E-state index contributed by atoms with van der Waals surface area (Å²) in [6, 6.07) is 4.58. The summed E-state index contributed by atoms with van der Waals surface area (Å²) >= 11 is 1.74. The third kappa shape index (κ3) is 3.10. The van der Waals surface area contributed by atoms with E-state index in [1.165, 1.54) is 17.7 Å². The Balaban J connectivity index is 2.14. The first-order valence-electron chi connectivity index (χ1n) is 6.42. The average molecular weight is 267 g/mol. The van der Waals surface area contributed by atoms with Crippen molar-refractivity contribution < 1.29 is 4.79 Å². The van der Waals surface area contributed by atoms with Gasteiger partial charge in [0.05, 0.1) is 6.04 Å². The molecule has 0 radical (unpaired) electrons. The van der Waals surface area contributed by atoms with E-state index in [1.54, 1.807) is 11.3 Å². The molecular weight excluding hydrogens is 246 g/mol. The van der Waals surface area contributed by atoms with Crippen LogP contribution >= 0.6 is 11.3 Å². The van der Waals surface area contributed by atoms with Gasteiger partial charge in [0, 0.05) is 17.5 Å². The Bertz CT molecular complexity index is 387. The van der Waals surface area contributed by atoms with E-state index in [9.17, 15) is 4.79 Å². The lowest BCUT2D eigenvalue weighted by Crippen LogP contribution is -2.52. The number of hydrazine groups is 1. The summed E-state index contributed by atoms with van der Waals surface area (Å²) in [4.78, 5) is 15.6. The zero-order valence-electron chi connectivity index (χ0n) is 10.9. The Kier molecular flexibility index (Phi) is 4.37. The smallest absolute Gasteiger partial charge is 0.251 e. The number of nitrogens with zero attached hydrogens (tertiary/aromatic N) is 1. The number of thiophene rings is 1. The molecule has 0 spiro atoms. The molecule has 1 fully saturated rings. The van der Waals surface area contributed by atoms with E-state index in [2.05, 4.69) is 41.7 Å². The Labute approximate surface area is 112 Å². The molecule has 3 N–H and O–H groups in total. The van der Waals surface area contributed by atoms with Crippen molar-refractivity contribution in [3.8, 4) is 0 Å². The van der Waals surface area contributed by atoms with Crippen molar-refractivity contribution in [1.29, 1.82) is 0 Å². The van der Waals surface area contributed by atoms with Crippen LogP contribution in [0, 0.1) is 5.92 Å². The van der Waals surface area contributed by atoms with Crippen LogP contribution < -0.4 is 11.3 Å². The van der Waals surface area contributed by atoms with E-state index >= 15 is 0 Å². The summed E-state index contributed by atoms with van der Waals surface area (Å²) < 4.78 is 0. The Morgan fingerprint density at radius 3 is 2.78 bits per heavy atom. The highest BCUT2D eigenvalue weighted by atomic mass is 32.1. The molecular formula is C13H21N3OS. The third-order valence-electron chi connectivity index (χ3n) is 3.33. The SMILES string of the molecule is CC(C)C(C(=O)NN)N(Cc1cccs1)C1CC1. The molecule has 1 saturated carbocycles. The van der Waals surface area contributed by atoms with E-state index in [1.807, 2.05) is 0 Å². The molecule has 18 heavy (non-hydrogen) atoms. The molecule has 5 heteroatoms. The quantitative estimate of drug-likeness (QED) is 0.469. The first kappa shape index (κ1) is 13.5. The first-order valence-corrected chi connectivity index (χ1v) is 7.30. The molecule has 1 aromatic rings. The van der Waals surface area contributed by atoms with Gasteiger partial charge >= 0.3 is 0 Å². The fourth-order valence-electron chi connectivity index (χ4n) is 2.36. The van der Waals surface area contributed by atoms with E-state index in [0.29, 0.717) is 6.04 Å². The maximum absolute atomic E-state index is 12.0. The molecule has 0 aromatic carbocycles. The summed E-state index contributed by atoms with van der Waals surface area (Å²) in [7, 11) is 0. The minimum Gasteiger partial charge on any atom is -0.293 e. The zero-order chi connectivity index (χ0) is 13.1. The fraction of sp³-hybridized carbons (Fsp3) is 0.615. The summed E-state index contributed by atoms with van der Waals surface area (Å²) in [6.07, 6.45) is 2.37. The Morgan fingerprint density at radius 2 is 2.33 bits per heavy atom. The topological polar surface area (TPSA) is 58.4 Å². The van der Waals surface area contributed by atoms with Crippen LogP contribution in [0.15, 0.2) is 17.5 Å². The average Bonchev–Trinajstić information content (AvgIpc) is 3.06. The summed E-state index contributed by atoms with van der Waals surface area (Å²) in [5, 5.41) is 2.08. The standard InChI is InChI=1S/C13H21N3OS/c1-9(2)12(13(17)15-14)16(10-5-6-10)8-11-4-3-7-18-11/h3-4,7,9-10,12H,5-6,8,14H2,1-2H3,(H,15,17). The highest BCUT2D eigenvalue weighted by Gasteiger charge is 2.38. The van der Waals surface area contributed by atoms with Crippen molar-refractivity contribution in [1.82, 2.24) is 10.3 Å². The molecule has 1 aromatic heterocycles. The second-order valence-electron chi connectivity index (χ2n) is 5.18.